The Labute approximate surface area is 156 Å². The Morgan fingerprint density at radius 2 is 1.71 bits per heavy atom. The van der Waals surface area contributed by atoms with Gasteiger partial charge >= 0.3 is 18.3 Å². The van der Waals surface area contributed by atoms with Crippen LogP contribution in [-0.4, -0.2) is 34.6 Å². The molecule has 10 heteroatoms. The van der Waals surface area contributed by atoms with Crippen molar-refractivity contribution in [2.75, 3.05) is 5.32 Å². The van der Waals surface area contributed by atoms with E-state index >= 15 is 0 Å². The number of aromatic nitrogens is 2. The molecule has 0 saturated heterocycles. The number of carbonyl (C=O) groups is 2. The predicted octanol–water partition coefficient (Wildman–Crippen LogP) is 2.64. The van der Waals surface area contributed by atoms with Crippen molar-refractivity contribution in [2.24, 2.45) is 0 Å². The number of hydrogen-bond acceptors (Lipinski definition) is 5. The van der Waals surface area contributed by atoms with Crippen LogP contribution < -0.4 is 15.7 Å². The number of benzene rings is 2. The third-order valence-electron chi connectivity index (χ3n) is 3.75. The summed E-state index contributed by atoms with van der Waals surface area (Å²) in [5, 5.41) is 2.58. The minimum absolute atomic E-state index is 0.0765. The molecule has 0 aliphatic heterocycles. The first-order chi connectivity index (χ1) is 13.3. The van der Waals surface area contributed by atoms with Gasteiger partial charge in [0.15, 0.2) is 6.10 Å². The van der Waals surface area contributed by atoms with Gasteiger partial charge in [0.05, 0.1) is 16.6 Å². The molecule has 28 heavy (non-hydrogen) atoms. The van der Waals surface area contributed by atoms with Crippen molar-refractivity contribution < 1.29 is 27.8 Å². The number of H-pyrrole nitrogens is 2. The van der Waals surface area contributed by atoms with E-state index < -0.39 is 24.6 Å². The van der Waals surface area contributed by atoms with Crippen LogP contribution >= 0.6 is 0 Å². The highest BCUT2D eigenvalue weighted by atomic mass is 19.3. The molecule has 1 heterocycles. The minimum atomic E-state index is -2.97. The second kappa shape index (κ2) is 7.91. The molecule has 146 valence electrons. The molecule has 1 atom stereocenters. The number of rotatable bonds is 6. The van der Waals surface area contributed by atoms with E-state index in [-0.39, 0.29) is 17.0 Å². The van der Waals surface area contributed by atoms with E-state index in [2.05, 4.69) is 20.0 Å². The molecule has 0 radical (unpaired) electrons. The number of ether oxygens (including phenoxy) is 2. The van der Waals surface area contributed by atoms with Crippen LogP contribution in [0, 0.1) is 0 Å². The molecule has 1 amide bonds. The van der Waals surface area contributed by atoms with E-state index in [0.717, 1.165) is 0 Å². The van der Waals surface area contributed by atoms with Gasteiger partial charge in [-0.1, -0.05) is 0 Å². The number of fused-ring (bicyclic) bond motifs is 1. The minimum Gasteiger partial charge on any atom is -0.449 e. The van der Waals surface area contributed by atoms with Crippen molar-refractivity contribution in [3.63, 3.8) is 0 Å². The Bertz CT molecular complexity index is 1060. The van der Waals surface area contributed by atoms with Gasteiger partial charge in [-0.2, -0.15) is 8.78 Å². The highest BCUT2D eigenvalue weighted by Gasteiger charge is 2.19. The average Bonchev–Trinajstić information content (AvgIpc) is 3.01. The molecule has 1 aromatic heterocycles. The van der Waals surface area contributed by atoms with Crippen LogP contribution in [0.15, 0.2) is 47.3 Å². The van der Waals surface area contributed by atoms with Crippen molar-refractivity contribution in [1.82, 2.24) is 9.97 Å². The lowest BCUT2D eigenvalue weighted by molar-refractivity contribution is -0.123. The summed E-state index contributed by atoms with van der Waals surface area (Å²) in [5.74, 6) is -1.48. The molecule has 0 aliphatic carbocycles. The predicted molar refractivity (Wildman–Crippen MR) is 95.5 cm³/mol. The zero-order valence-electron chi connectivity index (χ0n) is 14.5. The number of halogens is 2. The molecule has 0 aliphatic rings. The van der Waals surface area contributed by atoms with Crippen LogP contribution in [0.25, 0.3) is 11.0 Å². The smallest absolute Gasteiger partial charge is 0.387 e. The fraction of sp³-hybridized carbons (Fsp3) is 0.167. The number of nitrogens with one attached hydrogen (secondary N) is 3. The maximum Gasteiger partial charge on any atom is 0.387 e. The number of aromatic amines is 2. The van der Waals surface area contributed by atoms with Crippen LogP contribution in [-0.2, 0) is 9.53 Å². The topological polar surface area (TPSA) is 113 Å². The molecule has 8 nitrogen and oxygen atoms in total. The zero-order valence-corrected chi connectivity index (χ0v) is 14.5. The largest absolute Gasteiger partial charge is 0.449 e. The average molecular weight is 391 g/mol. The van der Waals surface area contributed by atoms with Crippen LogP contribution in [0.4, 0.5) is 14.5 Å². The Hall–Kier alpha value is -3.69. The standard InChI is InChI=1S/C18H15F2N3O5/c1-9(27-16(25)10-2-5-12(6-3-10)28-17(19)20)15(24)21-11-4-7-13-14(8-11)23-18(26)22-13/h2-9,17H,1H3,(H,21,24)(H2,22,23,26)/t9-/m0/s1. The number of carbonyl (C=O) groups excluding carboxylic acids is 2. The van der Waals surface area contributed by atoms with Gasteiger partial charge in [-0.3, -0.25) is 4.79 Å². The van der Waals surface area contributed by atoms with Gasteiger partial charge in [0.25, 0.3) is 5.91 Å². The van der Waals surface area contributed by atoms with E-state index in [1.165, 1.54) is 31.2 Å². The van der Waals surface area contributed by atoms with Gasteiger partial charge in [-0.05, 0) is 49.4 Å². The van der Waals surface area contributed by atoms with Gasteiger partial charge in [-0.25, -0.2) is 9.59 Å². The summed E-state index contributed by atoms with van der Waals surface area (Å²) in [6, 6.07) is 9.65. The van der Waals surface area contributed by atoms with E-state index in [1.54, 1.807) is 18.2 Å². The van der Waals surface area contributed by atoms with Crippen molar-refractivity contribution >= 4 is 28.6 Å². The molecule has 0 saturated carbocycles. The third-order valence-corrected chi connectivity index (χ3v) is 3.75. The lowest BCUT2D eigenvalue weighted by atomic mass is 10.2. The SMILES string of the molecule is C[C@H](OC(=O)c1ccc(OC(F)F)cc1)C(=O)Nc1ccc2[nH]c(=O)[nH]c2c1. The van der Waals surface area contributed by atoms with E-state index in [4.69, 9.17) is 4.74 Å². The third kappa shape index (κ3) is 4.53. The summed E-state index contributed by atoms with van der Waals surface area (Å²) in [7, 11) is 0. The normalized spacial score (nSPS) is 12.0. The molecule has 2 aromatic carbocycles. The summed E-state index contributed by atoms with van der Waals surface area (Å²) in [4.78, 5) is 40.7. The molecule has 0 fully saturated rings. The Morgan fingerprint density at radius 3 is 2.39 bits per heavy atom. The maximum atomic E-state index is 12.2. The zero-order chi connectivity index (χ0) is 20.3. The first-order valence-corrected chi connectivity index (χ1v) is 8.10. The molecule has 3 rings (SSSR count). The number of imidazole rings is 1. The monoisotopic (exact) mass is 391 g/mol. The molecule has 0 unspecified atom stereocenters. The van der Waals surface area contributed by atoms with E-state index in [1.807, 2.05) is 0 Å². The van der Waals surface area contributed by atoms with Crippen molar-refractivity contribution in [1.29, 1.82) is 0 Å². The molecule has 0 bridgehead atoms. The summed E-state index contributed by atoms with van der Waals surface area (Å²) in [6.07, 6.45) is -1.12. The highest BCUT2D eigenvalue weighted by Crippen LogP contribution is 2.17. The fourth-order valence-electron chi connectivity index (χ4n) is 2.41. The quantitative estimate of drug-likeness (QED) is 0.559. The molecular weight excluding hydrogens is 376 g/mol. The second-order valence-corrected chi connectivity index (χ2v) is 5.78. The van der Waals surface area contributed by atoms with Gasteiger partial charge < -0.3 is 24.8 Å². The van der Waals surface area contributed by atoms with E-state index in [9.17, 15) is 23.2 Å². The van der Waals surface area contributed by atoms with Gasteiger partial charge in [0, 0.05) is 5.69 Å². The molecule has 3 aromatic rings. The van der Waals surface area contributed by atoms with Gasteiger partial charge in [0.2, 0.25) is 0 Å². The van der Waals surface area contributed by atoms with Gasteiger partial charge in [-0.15, -0.1) is 0 Å². The van der Waals surface area contributed by atoms with Crippen LogP contribution in [0.5, 0.6) is 5.75 Å². The highest BCUT2D eigenvalue weighted by molar-refractivity contribution is 5.98. The van der Waals surface area contributed by atoms with Crippen LogP contribution in [0.2, 0.25) is 0 Å². The number of hydrogen-bond donors (Lipinski definition) is 3. The number of alkyl halides is 2. The Morgan fingerprint density at radius 1 is 1.04 bits per heavy atom. The van der Waals surface area contributed by atoms with Crippen molar-refractivity contribution in [2.45, 2.75) is 19.6 Å². The molecular formula is C18H15F2N3O5. The summed E-state index contributed by atoms with van der Waals surface area (Å²) in [5.41, 5.74) is 1.21. The Balaban J connectivity index is 1.60. The lowest BCUT2D eigenvalue weighted by Gasteiger charge is -2.14. The summed E-state index contributed by atoms with van der Waals surface area (Å²) >= 11 is 0. The fourth-order valence-corrected chi connectivity index (χ4v) is 2.41. The van der Waals surface area contributed by atoms with Crippen molar-refractivity contribution in [3.8, 4) is 5.75 Å². The molecule has 3 N–H and O–H groups in total. The van der Waals surface area contributed by atoms with Gasteiger partial charge in [0.1, 0.15) is 5.75 Å². The van der Waals surface area contributed by atoms with Crippen LogP contribution in [0.3, 0.4) is 0 Å². The lowest BCUT2D eigenvalue weighted by Crippen LogP contribution is -2.30. The number of esters is 1. The van der Waals surface area contributed by atoms with Crippen molar-refractivity contribution in [3.05, 3.63) is 58.5 Å². The Kier molecular flexibility index (Phi) is 5.39. The van der Waals surface area contributed by atoms with Crippen LogP contribution in [0.1, 0.15) is 17.3 Å². The maximum absolute atomic E-state index is 12.2. The van der Waals surface area contributed by atoms with E-state index in [0.29, 0.717) is 16.7 Å². The summed E-state index contributed by atoms with van der Waals surface area (Å²) in [6.45, 7) is -1.58. The number of anilines is 1. The first kappa shape index (κ1) is 19.1. The second-order valence-electron chi connectivity index (χ2n) is 5.78. The summed E-state index contributed by atoms with van der Waals surface area (Å²) < 4.78 is 33.5. The molecule has 0 spiro atoms. The first-order valence-electron chi connectivity index (χ1n) is 8.10. The number of amides is 1.